The number of fused-ring (bicyclic) bond motifs is 6. The first kappa shape index (κ1) is 18.7. The highest BCUT2D eigenvalue weighted by Gasteiger charge is 2.16. The Morgan fingerprint density at radius 2 is 1.32 bits per heavy atom. The third-order valence-corrected chi connectivity index (χ3v) is 7.98. The molecule has 0 amide bonds. The molecule has 0 spiro atoms. The van der Waals surface area contributed by atoms with E-state index in [9.17, 15) is 0 Å². The molecule has 0 saturated carbocycles. The first-order valence-corrected chi connectivity index (χ1v) is 11.9. The summed E-state index contributed by atoms with van der Waals surface area (Å²) >= 11 is 1.89. The van der Waals surface area contributed by atoms with E-state index >= 15 is 0 Å². The Kier molecular flexibility index (Phi) is 4.19. The van der Waals surface area contributed by atoms with Gasteiger partial charge in [-0.25, -0.2) is 0 Å². The van der Waals surface area contributed by atoms with Gasteiger partial charge in [0.25, 0.3) is 0 Å². The fraction of sp³-hybridized carbons (Fsp3) is 0.172. The molecule has 1 unspecified atom stereocenters. The van der Waals surface area contributed by atoms with Crippen molar-refractivity contribution < 1.29 is 0 Å². The van der Waals surface area contributed by atoms with Crippen LogP contribution in [0, 0.1) is 5.92 Å². The maximum atomic E-state index is 2.43. The lowest BCUT2D eigenvalue weighted by Gasteiger charge is -2.17. The zero-order chi connectivity index (χ0) is 21.1. The van der Waals surface area contributed by atoms with Crippen molar-refractivity contribution in [2.75, 3.05) is 0 Å². The molecule has 1 nitrogen and oxygen atoms in total. The van der Waals surface area contributed by atoms with Crippen LogP contribution in [0.2, 0.25) is 0 Å². The molecule has 4 aromatic carbocycles. The van der Waals surface area contributed by atoms with Crippen molar-refractivity contribution in [2.24, 2.45) is 5.92 Å². The van der Waals surface area contributed by atoms with Gasteiger partial charge in [-0.05, 0) is 53.8 Å². The Balaban J connectivity index is 1.65. The van der Waals surface area contributed by atoms with Crippen LogP contribution in [-0.2, 0) is 0 Å². The first-order valence-electron chi connectivity index (χ1n) is 11.1. The van der Waals surface area contributed by atoms with Gasteiger partial charge in [0.05, 0.1) is 11.0 Å². The fourth-order valence-electron chi connectivity index (χ4n) is 4.78. The van der Waals surface area contributed by atoms with E-state index in [1.807, 2.05) is 11.3 Å². The van der Waals surface area contributed by atoms with E-state index in [-0.39, 0.29) is 0 Å². The summed E-state index contributed by atoms with van der Waals surface area (Å²) in [6.07, 6.45) is 0. The predicted octanol–water partition coefficient (Wildman–Crippen LogP) is 8.91. The van der Waals surface area contributed by atoms with E-state index < -0.39 is 0 Å². The highest BCUT2D eigenvalue weighted by molar-refractivity contribution is 7.25. The van der Waals surface area contributed by atoms with Gasteiger partial charge in [0.2, 0.25) is 0 Å². The number of para-hydroxylation sites is 1. The van der Waals surface area contributed by atoms with Crippen LogP contribution < -0.4 is 0 Å². The summed E-state index contributed by atoms with van der Waals surface area (Å²) in [5, 5.41) is 5.35. The zero-order valence-corrected chi connectivity index (χ0v) is 18.9. The van der Waals surface area contributed by atoms with Crippen LogP contribution in [0.5, 0.6) is 0 Å². The summed E-state index contributed by atoms with van der Waals surface area (Å²) in [5.41, 5.74) is 5.19. The second-order valence-electron chi connectivity index (χ2n) is 8.94. The van der Waals surface area contributed by atoms with Crippen molar-refractivity contribution in [1.82, 2.24) is 4.57 Å². The van der Waals surface area contributed by atoms with Gasteiger partial charge in [-0.1, -0.05) is 69.3 Å². The number of hydrogen-bond acceptors (Lipinski definition) is 1. The van der Waals surface area contributed by atoms with E-state index in [0.29, 0.717) is 11.8 Å². The maximum absolute atomic E-state index is 2.43. The van der Waals surface area contributed by atoms with Gasteiger partial charge >= 0.3 is 0 Å². The second-order valence-corrected chi connectivity index (χ2v) is 10.0. The smallest absolute Gasteiger partial charge is 0.0555 e. The minimum Gasteiger partial charge on any atom is -0.309 e. The Bertz CT molecular complexity index is 1560. The van der Waals surface area contributed by atoms with E-state index in [0.717, 1.165) is 0 Å². The number of rotatable bonds is 3. The molecule has 31 heavy (non-hydrogen) atoms. The van der Waals surface area contributed by atoms with Gasteiger partial charge < -0.3 is 4.57 Å². The topological polar surface area (TPSA) is 4.93 Å². The van der Waals surface area contributed by atoms with E-state index in [1.54, 1.807) is 0 Å². The fourth-order valence-corrected chi connectivity index (χ4v) is 5.90. The summed E-state index contributed by atoms with van der Waals surface area (Å²) < 4.78 is 5.13. The van der Waals surface area contributed by atoms with Crippen LogP contribution in [0.1, 0.15) is 32.3 Å². The molecule has 2 heteroatoms. The number of benzene rings is 4. The van der Waals surface area contributed by atoms with Gasteiger partial charge in [0.1, 0.15) is 0 Å². The Morgan fingerprint density at radius 3 is 2.10 bits per heavy atom. The first-order chi connectivity index (χ1) is 15.1. The minimum atomic E-state index is 0.561. The molecule has 2 heterocycles. The van der Waals surface area contributed by atoms with Crippen molar-refractivity contribution in [3.63, 3.8) is 0 Å². The van der Waals surface area contributed by atoms with Gasteiger partial charge in [-0.15, -0.1) is 11.3 Å². The molecule has 1 atom stereocenters. The molecular formula is C29H25NS. The molecule has 0 aliphatic carbocycles. The lowest BCUT2D eigenvalue weighted by molar-refractivity contribution is 0.535. The van der Waals surface area contributed by atoms with Crippen LogP contribution in [0.25, 0.3) is 47.7 Å². The molecule has 0 saturated heterocycles. The minimum absolute atomic E-state index is 0.561. The SMILES string of the molecule is CC(C)C(C)c1ccc(-n2c3ccccc3c3cc4c(cc32)sc2ccccc24)cc1. The molecule has 0 bridgehead atoms. The van der Waals surface area contributed by atoms with Crippen LogP contribution in [0.15, 0.2) is 84.9 Å². The molecule has 152 valence electrons. The van der Waals surface area contributed by atoms with E-state index in [2.05, 4.69) is 110 Å². The predicted molar refractivity (Wildman–Crippen MR) is 137 cm³/mol. The molecule has 0 aliphatic heterocycles. The molecule has 0 N–H and O–H groups in total. The van der Waals surface area contributed by atoms with Gasteiger partial charge in [-0.3, -0.25) is 0 Å². The zero-order valence-electron chi connectivity index (χ0n) is 18.1. The normalized spacial score (nSPS) is 13.2. The molecule has 0 radical (unpaired) electrons. The molecule has 0 aliphatic rings. The van der Waals surface area contributed by atoms with Crippen LogP contribution in [0.3, 0.4) is 0 Å². The Hall–Kier alpha value is -3.10. The summed E-state index contributed by atoms with van der Waals surface area (Å²) in [7, 11) is 0. The van der Waals surface area contributed by atoms with Crippen LogP contribution in [0.4, 0.5) is 0 Å². The quantitative estimate of drug-likeness (QED) is 0.270. The third-order valence-electron chi connectivity index (χ3n) is 6.85. The second kappa shape index (κ2) is 6.96. The van der Waals surface area contributed by atoms with E-state index in [4.69, 9.17) is 0 Å². The summed E-state index contributed by atoms with van der Waals surface area (Å²) in [5.74, 6) is 1.20. The highest BCUT2D eigenvalue weighted by atomic mass is 32.1. The number of aromatic nitrogens is 1. The van der Waals surface area contributed by atoms with Gasteiger partial charge in [0, 0.05) is 36.6 Å². The molecule has 2 aromatic heterocycles. The summed E-state index contributed by atoms with van der Waals surface area (Å²) in [4.78, 5) is 0. The molecule has 0 fully saturated rings. The number of nitrogens with zero attached hydrogens (tertiary/aromatic N) is 1. The number of hydrogen-bond donors (Lipinski definition) is 0. The average molecular weight is 420 g/mol. The van der Waals surface area contributed by atoms with E-state index in [1.165, 1.54) is 53.2 Å². The van der Waals surface area contributed by atoms with Crippen molar-refractivity contribution in [2.45, 2.75) is 26.7 Å². The summed E-state index contributed by atoms with van der Waals surface area (Å²) in [6, 6.07) is 31.5. The summed E-state index contributed by atoms with van der Waals surface area (Å²) in [6.45, 7) is 6.90. The van der Waals surface area contributed by atoms with Crippen molar-refractivity contribution in [1.29, 1.82) is 0 Å². The monoisotopic (exact) mass is 419 g/mol. The third kappa shape index (κ3) is 2.82. The molecule has 6 aromatic rings. The average Bonchev–Trinajstić information content (AvgIpc) is 3.32. The standard InChI is InChI=1S/C29H25NS/c1-18(2)19(3)20-12-14-21(15-13-20)30-26-10-6-4-8-22(26)24-16-25-23-9-5-7-11-28(23)31-29(25)17-27(24)30/h4-19H,1-3H3. The largest absolute Gasteiger partial charge is 0.309 e. The van der Waals surface area contributed by atoms with Gasteiger partial charge in [-0.2, -0.15) is 0 Å². The van der Waals surface area contributed by atoms with Crippen LogP contribution in [-0.4, -0.2) is 4.57 Å². The van der Waals surface area contributed by atoms with Gasteiger partial charge in [0.15, 0.2) is 0 Å². The lowest BCUT2D eigenvalue weighted by atomic mass is 9.90. The van der Waals surface area contributed by atoms with Crippen LogP contribution >= 0.6 is 11.3 Å². The number of thiophene rings is 1. The highest BCUT2D eigenvalue weighted by Crippen LogP contribution is 2.40. The molecular weight excluding hydrogens is 394 g/mol. The molecule has 6 rings (SSSR count). The Morgan fingerprint density at radius 1 is 0.613 bits per heavy atom. The Labute approximate surface area is 186 Å². The van der Waals surface area contributed by atoms with Crippen molar-refractivity contribution in [3.8, 4) is 5.69 Å². The maximum Gasteiger partial charge on any atom is 0.0555 e. The van der Waals surface area contributed by atoms with Crippen molar-refractivity contribution in [3.05, 3.63) is 90.5 Å². The van der Waals surface area contributed by atoms with Crippen molar-refractivity contribution >= 4 is 53.3 Å². The lowest BCUT2D eigenvalue weighted by Crippen LogP contribution is -2.02.